The van der Waals surface area contributed by atoms with Crippen LogP contribution in [0.1, 0.15) is 161 Å². The van der Waals surface area contributed by atoms with Crippen molar-refractivity contribution in [3.05, 3.63) is 190 Å². The number of ether oxygens (including phenoxy) is 19. The Kier molecular flexibility index (Phi) is 34.1. The standard InChI is InChI=1S/C86H103Cl3N4O28/c1-13-59-47(5)46(4)48(6)80(110-59)118-69-63(42-103-75(97)54-31-21-16-22-32-54)112-82(106-45-91-93-90)73(115-78(100)57-37-27-19-28-38-57)71(69)119-81-65(92-84(102)105-44-86(87,88)89)50(8)66(60(14-2)111-81)117-83-74(116-79(101)58-39-29-20-30-40-58)72(70(114-77(99)56-35-25-18-26-36-56)64(113-83)43-104-76(98)55-33-23-17-24-34-55)121-85(12)41-62(108-52(10)95)49(7)67(120-85)68(109-53(11)96)61(15-3)107-51(9)94/h16-40,46-50,59-74,80-83H,13-15,41-45H2,1-12H3,(H,92,102)/t46-,47-,48?,49?,50+,59?,60?,61+,62+,63?,64?,65?,66-,67?,68+,69-,70+,71-,72-,73?,74?,80-,81-,82+,83-,85+/m0/s1. The number of hydrogen-bond donors (Lipinski definition) is 1. The highest BCUT2D eigenvalue weighted by atomic mass is 35.6. The number of alkyl carbamates (subject to hydrolysis) is 1. The first-order valence-corrected chi connectivity index (χ1v) is 41.2. The molecule has 0 spiro atoms. The zero-order valence-corrected chi connectivity index (χ0v) is 71.2. The predicted octanol–water partition coefficient (Wildman–Crippen LogP) is 13.3. The molecular formula is C86H103Cl3N4O28. The Morgan fingerprint density at radius 1 is 0.488 bits per heavy atom. The van der Waals surface area contributed by atoms with Gasteiger partial charge in [0.1, 0.15) is 75.4 Å². The van der Waals surface area contributed by atoms with Gasteiger partial charge in [-0.1, -0.05) is 186 Å². The molecule has 5 aliphatic rings. The van der Waals surface area contributed by atoms with Crippen molar-refractivity contribution < 1.29 is 133 Å². The largest absolute Gasteiger partial charge is 0.462 e. The van der Waals surface area contributed by atoms with Gasteiger partial charge in [0, 0.05) is 49.9 Å². The van der Waals surface area contributed by atoms with Gasteiger partial charge in [-0.05, 0) is 104 Å². The van der Waals surface area contributed by atoms with Crippen molar-refractivity contribution in [2.24, 2.45) is 34.7 Å². The van der Waals surface area contributed by atoms with Gasteiger partial charge in [0.05, 0.1) is 52.2 Å². The number of amides is 1. The Morgan fingerprint density at radius 3 is 1.40 bits per heavy atom. The van der Waals surface area contributed by atoms with Gasteiger partial charge in [0.25, 0.3) is 0 Å². The van der Waals surface area contributed by atoms with Crippen molar-refractivity contribution in [1.82, 2.24) is 5.32 Å². The van der Waals surface area contributed by atoms with Gasteiger partial charge in [0.2, 0.25) is 3.79 Å². The minimum Gasteiger partial charge on any atom is -0.462 e. The van der Waals surface area contributed by atoms with Crippen molar-refractivity contribution in [2.75, 3.05) is 26.6 Å². The first-order valence-electron chi connectivity index (χ1n) is 40.1. The summed E-state index contributed by atoms with van der Waals surface area (Å²) in [6, 6.07) is 37.6. The van der Waals surface area contributed by atoms with Crippen LogP contribution in [-0.4, -0.2) is 213 Å². The van der Waals surface area contributed by atoms with Crippen LogP contribution in [0.15, 0.2) is 157 Å². The zero-order valence-electron chi connectivity index (χ0n) is 68.9. The number of halogens is 3. The first-order chi connectivity index (χ1) is 57.8. The van der Waals surface area contributed by atoms with Crippen LogP contribution in [0.4, 0.5) is 4.79 Å². The van der Waals surface area contributed by atoms with Crippen molar-refractivity contribution in [3.63, 3.8) is 0 Å². The molecule has 5 aromatic rings. The van der Waals surface area contributed by atoms with Crippen LogP contribution in [0.3, 0.4) is 0 Å². The summed E-state index contributed by atoms with van der Waals surface area (Å²) in [6.45, 7) is 16.6. The number of esters is 8. The van der Waals surface area contributed by atoms with Crippen molar-refractivity contribution in [1.29, 1.82) is 0 Å². The molecule has 0 bridgehead atoms. The molecule has 35 heteroatoms. The molecule has 5 aromatic carbocycles. The maximum absolute atomic E-state index is 15.3. The Balaban J connectivity index is 1.15. The van der Waals surface area contributed by atoms with Gasteiger partial charge >= 0.3 is 53.8 Å². The molecule has 26 atom stereocenters. The number of carbonyl (C=O) groups excluding carboxylic acids is 9. The third kappa shape index (κ3) is 25.1. The van der Waals surface area contributed by atoms with Crippen LogP contribution >= 0.6 is 34.8 Å². The Hall–Kier alpha value is -9.09. The Labute approximate surface area is 715 Å². The first kappa shape index (κ1) is 94.2. The van der Waals surface area contributed by atoms with Crippen LogP contribution in [0, 0.1) is 29.6 Å². The molecule has 121 heavy (non-hydrogen) atoms. The van der Waals surface area contributed by atoms with E-state index in [9.17, 15) is 39.1 Å². The van der Waals surface area contributed by atoms with E-state index in [2.05, 4.69) is 29.2 Å². The van der Waals surface area contributed by atoms with E-state index >= 15 is 9.59 Å². The maximum atomic E-state index is 15.3. The number of rotatable bonds is 33. The molecule has 0 radical (unpaired) electrons. The molecule has 5 fully saturated rings. The second-order valence-corrected chi connectivity index (χ2v) is 32.9. The third-order valence-electron chi connectivity index (χ3n) is 21.9. The van der Waals surface area contributed by atoms with Crippen LogP contribution in [0.5, 0.6) is 0 Å². The summed E-state index contributed by atoms with van der Waals surface area (Å²) < 4.78 is 124. The van der Waals surface area contributed by atoms with Gasteiger partial charge in [-0.25, -0.2) is 28.8 Å². The van der Waals surface area contributed by atoms with E-state index in [4.69, 9.17) is 125 Å². The molecule has 1 amide bonds. The second kappa shape index (κ2) is 43.8. The highest BCUT2D eigenvalue weighted by Crippen LogP contribution is 2.46. The fourth-order valence-corrected chi connectivity index (χ4v) is 15.7. The van der Waals surface area contributed by atoms with Crippen LogP contribution in [-0.2, 0) is 104 Å². The van der Waals surface area contributed by atoms with Gasteiger partial charge < -0.3 is 95.3 Å². The second-order valence-electron chi connectivity index (χ2n) is 30.4. The summed E-state index contributed by atoms with van der Waals surface area (Å²) >= 11 is 18.7. The van der Waals surface area contributed by atoms with E-state index in [1.54, 1.807) is 119 Å². The number of carbonyl (C=O) groups is 9. The summed E-state index contributed by atoms with van der Waals surface area (Å²) in [5, 5.41) is 6.44. The van der Waals surface area contributed by atoms with Gasteiger partial charge in [-0.2, -0.15) is 0 Å². The molecular weight excluding hydrogens is 1640 g/mol. The summed E-state index contributed by atoms with van der Waals surface area (Å²) in [5.74, 6) is -11.7. The van der Waals surface area contributed by atoms with E-state index in [1.807, 2.05) is 13.8 Å². The maximum Gasteiger partial charge on any atom is 0.407 e. The van der Waals surface area contributed by atoms with Gasteiger partial charge in [-0.15, -0.1) is 0 Å². The number of nitrogens with one attached hydrogen (secondary N) is 1. The zero-order chi connectivity index (χ0) is 87.4. The van der Waals surface area contributed by atoms with E-state index in [-0.39, 0.29) is 65.0 Å². The van der Waals surface area contributed by atoms with E-state index in [1.165, 1.54) is 81.4 Å². The van der Waals surface area contributed by atoms with Crippen molar-refractivity contribution >= 4 is 88.7 Å². The fraction of sp³-hybridized carbons (Fsp3) is 0.547. The molecule has 5 aliphatic heterocycles. The lowest BCUT2D eigenvalue weighted by atomic mass is 9.78. The normalized spacial score (nSPS) is 30.8. The highest BCUT2D eigenvalue weighted by Gasteiger charge is 2.61. The van der Waals surface area contributed by atoms with E-state index < -0.39 is 224 Å². The lowest BCUT2D eigenvalue weighted by molar-refractivity contribution is -0.390. The van der Waals surface area contributed by atoms with Gasteiger partial charge in [-0.3, -0.25) is 14.4 Å². The predicted molar refractivity (Wildman–Crippen MR) is 429 cm³/mol. The number of benzene rings is 5. The summed E-state index contributed by atoms with van der Waals surface area (Å²) in [7, 11) is 0. The summed E-state index contributed by atoms with van der Waals surface area (Å²) in [4.78, 5) is 131. The fourth-order valence-electron chi connectivity index (χ4n) is 15.5. The average molecular weight is 1750 g/mol. The summed E-state index contributed by atoms with van der Waals surface area (Å²) in [6.07, 6.45) is -30.3. The molecule has 0 aromatic heterocycles. The molecule has 5 saturated heterocycles. The lowest BCUT2D eigenvalue weighted by Crippen LogP contribution is -2.69. The molecule has 1 N–H and O–H groups in total. The minimum absolute atomic E-state index is 0.00728. The van der Waals surface area contributed by atoms with E-state index in [0.717, 1.165) is 6.92 Å². The molecule has 32 nitrogen and oxygen atoms in total. The summed E-state index contributed by atoms with van der Waals surface area (Å²) in [5.41, 5.74) is 9.90. The molecule has 0 saturated carbocycles. The Bertz CT molecular complexity index is 4310. The molecule has 10 unspecified atom stereocenters. The van der Waals surface area contributed by atoms with Crippen molar-refractivity contribution in [2.45, 2.75) is 241 Å². The molecule has 656 valence electrons. The lowest BCUT2D eigenvalue weighted by Gasteiger charge is -2.53. The molecule has 0 aliphatic carbocycles. The van der Waals surface area contributed by atoms with Crippen LogP contribution < -0.4 is 5.32 Å². The Morgan fingerprint density at radius 2 is 0.934 bits per heavy atom. The molecule has 5 heterocycles. The third-order valence-corrected chi connectivity index (χ3v) is 22.2. The van der Waals surface area contributed by atoms with Crippen molar-refractivity contribution in [3.8, 4) is 0 Å². The number of alkyl halides is 3. The smallest absolute Gasteiger partial charge is 0.407 e. The monoisotopic (exact) mass is 1740 g/mol. The van der Waals surface area contributed by atoms with E-state index in [0.29, 0.717) is 6.42 Å². The van der Waals surface area contributed by atoms with Crippen LogP contribution in [0.2, 0.25) is 0 Å². The van der Waals surface area contributed by atoms with Gasteiger partial charge in [0.15, 0.2) is 55.4 Å². The molecule has 10 rings (SSSR count). The quantitative estimate of drug-likeness (QED) is 0.0102. The number of azide groups is 1. The highest BCUT2D eigenvalue weighted by molar-refractivity contribution is 6.67. The van der Waals surface area contributed by atoms with Crippen LogP contribution in [0.25, 0.3) is 10.4 Å². The topological polar surface area (TPSA) is 390 Å². The number of hydrogen-bond acceptors (Lipinski definition) is 29. The average Bonchev–Trinajstić information content (AvgIpc) is 0.755. The SMILES string of the molecule is CCC1O[C@@H](O[C@H]2C(COC(=O)c3ccccc3)O[C@@H](OCN=[N+]=[N-])C(OC(=O)c3ccccc3)[C@H]2O[C@@H]2OC(CC)[C@@H](O[C@@H]3OC(COC(=O)c4ccccc4)[C@@H](OC(=O)c4ccccc4)[C@H](O[C@]4(C)C[C@@H](OC(C)=O)C(C)C([C@H](OC(C)=O)[C@@H](CC)OC(C)=O)O4)C3OC(=O)c3ccccc3)[C@H](C)C2NC(=O)OCC(Cl)(Cl)Cl)C(C)[C@@H](C)[C@@H]1C. The minimum atomic E-state index is -2.19. The number of nitrogens with zero attached hydrogens (tertiary/aromatic N) is 3.